The fraction of sp³-hybridized carbons (Fsp3) is 0.167. The maximum Gasteiger partial charge on any atom is 0.337 e. The van der Waals surface area contributed by atoms with E-state index in [2.05, 4.69) is 20.9 Å². The molecular formula is C24H21N5O4S. The van der Waals surface area contributed by atoms with Gasteiger partial charge in [-0.2, -0.15) is 0 Å². The molecule has 0 spiro atoms. The first-order valence-electron chi connectivity index (χ1n) is 10.6. The summed E-state index contributed by atoms with van der Waals surface area (Å²) in [6, 6.07) is 19.9. The second kappa shape index (κ2) is 9.44. The van der Waals surface area contributed by atoms with E-state index in [1.54, 1.807) is 35.2 Å². The summed E-state index contributed by atoms with van der Waals surface area (Å²) < 4.78 is 11.9. The molecule has 172 valence electrons. The summed E-state index contributed by atoms with van der Waals surface area (Å²) in [5.74, 6) is 0.716. The van der Waals surface area contributed by atoms with Gasteiger partial charge in [-0.25, -0.2) is 9.47 Å². The highest BCUT2D eigenvalue weighted by molar-refractivity contribution is 8.00. The molecule has 1 amide bonds. The molecule has 2 atom stereocenters. The molecule has 0 saturated carbocycles. The summed E-state index contributed by atoms with van der Waals surface area (Å²) in [5, 5.41) is 11.6. The number of benzene rings is 2. The van der Waals surface area contributed by atoms with Crippen LogP contribution in [0.4, 0.5) is 0 Å². The highest BCUT2D eigenvalue weighted by atomic mass is 32.2. The lowest BCUT2D eigenvalue weighted by atomic mass is 10.0. The average Bonchev–Trinajstić information content (AvgIpc) is 3.56. The van der Waals surface area contributed by atoms with Crippen LogP contribution in [-0.2, 0) is 16.1 Å². The molecule has 4 aromatic rings. The van der Waals surface area contributed by atoms with Crippen LogP contribution in [0.15, 0.2) is 82.6 Å². The van der Waals surface area contributed by atoms with Crippen molar-refractivity contribution in [2.45, 2.75) is 23.0 Å². The molecule has 1 aliphatic rings. The number of hydrogen-bond acceptors (Lipinski definition) is 8. The van der Waals surface area contributed by atoms with Gasteiger partial charge in [-0.1, -0.05) is 54.2 Å². The van der Waals surface area contributed by atoms with Crippen molar-refractivity contribution >= 4 is 23.6 Å². The van der Waals surface area contributed by atoms with Crippen molar-refractivity contribution in [2.75, 3.05) is 12.5 Å². The largest absolute Gasteiger partial charge is 0.467 e. The molecule has 0 unspecified atom stereocenters. The van der Waals surface area contributed by atoms with Crippen molar-refractivity contribution in [1.82, 2.24) is 20.2 Å². The first-order chi connectivity index (χ1) is 16.6. The predicted octanol–water partition coefficient (Wildman–Crippen LogP) is 3.40. The number of carbonyl (C=O) groups is 2. The average molecular weight is 476 g/mol. The number of rotatable bonds is 6. The molecule has 2 N–H and O–H groups in total. The molecule has 3 heterocycles. The van der Waals surface area contributed by atoms with Gasteiger partial charge < -0.3 is 19.9 Å². The van der Waals surface area contributed by atoms with Crippen LogP contribution in [0, 0.1) is 0 Å². The van der Waals surface area contributed by atoms with Crippen LogP contribution in [0.5, 0.6) is 0 Å². The minimum absolute atomic E-state index is 0.175. The lowest BCUT2D eigenvalue weighted by Crippen LogP contribution is -2.43. The number of amides is 1. The van der Waals surface area contributed by atoms with Gasteiger partial charge in [-0.15, -0.1) is 10.2 Å². The lowest BCUT2D eigenvalue weighted by molar-refractivity contribution is -0.121. The molecule has 2 aromatic carbocycles. The van der Waals surface area contributed by atoms with E-state index in [4.69, 9.17) is 9.15 Å². The van der Waals surface area contributed by atoms with Gasteiger partial charge in [-0.05, 0) is 29.8 Å². The van der Waals surface area contributed by atoms with Crippen LogP contribution < -0.4 is 10.7 Å². The van der Waals surface area contributed by atoms with E-state index in [9.17, 15) is 9.59 Å². The van der Waals surface area contributed by atoms with Crippen molar-refractivity contribution in [3.8, 4) is 11.4 Å². The number of hydrogen-bond donors (Lipinski definition) is 2. The third-order valence-corrected chi connectivity index (χ3v) is 6.65. The van der Waals surface area contributed by atoms with Crippen LogP contribution in [0.2, 0.25) is 0 Å². The number of nitrogens with one attached hydrogen (secondary N) is 2. The van der Waals surface area contributed by atoms with Crippen molar-refractivity contribution in [3.05, 3.63) is 89.9 Å². The summed E-state index contributed by atoms with van der Waals surface area (Å²) in [6.07, 6.45) is 1.57. The molecular weight excluding hydrogens is 454 g/mol. The number of thioether (sulfide) groups is 1. The Balaban J connectivity index is 1.47. The van der Waals surface area contributed by atoms with Crippen LogP contribution in [0.1, 0.15) is 27.7 Å². The second-order valence-electron chi connectivity index (χ2n) is 7.56. The Labute approximate surface area is 199 Å². The summed E-state index contributed by atoms with van der Waals surface area (Å²) in [6.45, 7) is 0.277. The minimum atomic E-state index is -0.542. The summed E-state index contributed by atoms with van der Waals surface area (Å²) in [7, 11) is 1.34. The van der Waals surface area contributed by atoms with Gasteiger partial charge in [-0.3, -0.25) is 4.79 Å². The zero-order valence-electron chi connectivity index (χ0n) is 18.2. The summed E-state index contributed by atoms with van der Waals surface area (Å²) >= 11 is 1.33. The zero-order valence-corrected chi connectivity index (χ0v) is 19.0. The molecule has 0 radical (unpaired) electrons. The van der Waals surface area contributed by atoms with E-state index in [-0.39, 0.29) is 12.5 Å². The van der Waals surface area contributed by atoms with E-state index < -0.39 is 17.3 Å². The van der Waals surface area contributed by atoms with Gasteiger partial charge >= 0.3 is 5.97 Å². The van der Waals surface area contributed by atoms with E-state index in [0.29, 0.717) is 22.3 Å². The smallest absolute Gasteiger partial charge is 0.337 e. The van der Waals surface area contributed by atoms with Gasteiger partial charge in [0.25, 0.3) is 0 Å². The monoisotopic (exact) mass is 475 g/mol. The van der Waals surface area contributed by atoms with Gasteiger partial charge in [0.15, 0.2) is 5.82 Å². The highest BCUT2D eigenvalue weighted by Gasteiger charge is 2.38. The van der Waals surface area contributed by atoms with Crippen molar-refractivity contribution < 1.29 is 18.7 Å². The molecule has 9 nitrogen and oxygen atoms in total. The lowest BCUT2D eigenvalue weighted by Gasteiger charge is -2.33. The molecule has 2 aromatic heterocycles. The van der Waals surface area contributed by atoms with E-state index in [1.165, 1.54) is 18.9 Å². The molecule has 0 bridgehead atoms. The molecule has 0 saturated heterocycles. The fourth-order valence-electron chi connectivity index (χ4n) is 3.71. The van der Waals surface area contributed by atoms with Gasteiger partial charge in [0.1, 0.15) is 11.0 Å². The molecule has 0 aliphatic carbocycles. The number of ether oxygens (including phenoxy) is 1. The number of nitrogens with zero attached hydrogens (tertiary/aromatic N) is 3. The van der Waals surface area contributed by atoms with Gasteiger partial charge in [0.2, 0.25) is 11.1 Å². The number of methoxy groups -OCH3 is 1. The Morgan fingerprint density at radius 2 is 1.88 bits per heavy atom. The minimum Gasteiger partial charge on any atom is -0.467 e. The standard InChI is InChI=1S/C24H21N5O4S/c1-32-23(31)17-11-9-15(10-12-17)19-20(22(30)25-14-18-8-5-13-33-18)34-24-27-26-21(29(24)28-19)16-6-3-2-4-7-16/h2-13,19-20,28H,14H2,1H3,(H,25,30)/t19-,20+/m0/s1. The maximum absolute atomic E-state index is 13.2. The highest BCUT2D eigenvalue weighted by Crippen LogP contribution is 2.38. The number of aromatic nitrogens is 3. The third kappa shape index (κ3) is 4.27. The summed E-state index contributed by atoms with van der Waals surface area (Å²) in [5.41, 5.74) is 5.58. The van der Waals surface area contributed by atoms with Crippen molar-refractivity contribution in [2.24, 2.45) is 0 Å². The Hall–Kier alpha value is -4.05. The van der Waals surface area contributed by atoms with Crippen molar-refractivity contribution in [1.29, 1.82) is 0 Å². The van der Waals surface area contributed by atoms with Gasteiger partial charge in [0, 0.05) is 5.56 Å². The predicted molar refractivity (Wildman–Crippen MR) is 126 cm³/mol. The van der Waals surface area contributed by atoms with Crippen LogP contribution >= 0.6 is 11.8 Å². The Morgan fingerprint density at radius 3 is 2.59 bits per heavy atom. The first-order valence-corrected chi connectivity index (χ1v) is 11.4. The van der Waals surface area contributed by atoms with Crippen LogP contribution in [0.3, 0.4) is 0 Å². The molecule has 0 fully saturated rings. The number of esters is 1. The Kier molecular flexibility index (Phi) is 6.05. The molecule has 10 heteroatoms. The van der Waals surface area contributed by atoms with Gasteiger partial charge in [0.05, 0.1) is 31.5 Å². The van der Waals surface area contributed by atoms with Crippen LogP contribution in [0.25, 0.3) is 11.4 Å². The Bertz CT molecular complexity index is 1290. The van der Waals surface area contributed by atoms with E-state index in [1.807, 2.05) is 42.5 Å². The quantitative estimate of drug-likeness (QED) is 0.408. The second-order valence-corrected chi connectivity index (χ2v) is 8.67. The topological polar surface area (TPSA) is 111 Å². The van der Waals surface area contributed by atoms with Crippen molar-refractivity contribution in [3.63, 3.8) is 0 Å². The number of carbonyl (C=O) groups excluding carboxylic acids is 2. The SMILES string of the molecule is COC(=O)c1ccc([C@@H]2Nn3c(nnc3-c3ccccc3)S[C@H]2C(=O)NCc2ccco2)cc1. The third-order valence-electron chi connectivity index (χ3n) is 5.43. The van der Waals surface area contributed by atoms with E-state index in [0.717, 1.165) is 11.1 Å². The van der Waals surface area contributed by atoms with Crippen LogP contribution in [-0.4, -0.2) is 39.1 Å². The summed E-state index contributed by atoms with van der Waals surface area (Å²) in [4.78, 5) is 25.1. The fourth-order valence-corrected chi connectivity index (χ4v) is 4.82. The Morgan fingerprint density at radius 1 is 1.09 bits per heavy atom. The van der Waals surface area contributed by atoms with E-state index >= 15 is 0 Å². The first kappa shape index (κ1) is 21.8. The zero-order chi connectivity index (χ0) is 23.5. The number of fused-ring (bicyclic) bond motifs is 1. The molecule has 1 aliphatic heterocycles. The molecule has 5 rings (SSSR count). The number of furan rings is 1. The maximum atomic E-state index is 13.2. The normalized spacial score (nSPS) is 16.9. The molecule has 34 heavy (non-hydrogen) atoms.